The summed E-state index contributed by atoms with van der Waals surface area (Å²) in [5, 5.41) is 3.43. The molecule has 0 amide bonds. The Labute approximate surface area is 104 Å². The molecule has 0 saturated carbocycles. The normalized spacial score (nSPS) is 20.0. The fraction of sp³-hybridized carbons (Fsp3) is 0.643. The van der Waals surface area contributed by atoms with Gasteiger partial charge in [-0.15, -0.1) is 0 Å². The topological polar surface area (TPSA) is 28.2 Å². The highest BCUT2D eigenvalue weighted by Crippen LogP contribution is 2.14. The number of hydrogen-bond acceptors (Lipinski definition) is 3. The van der Waals surface area contributed by atoms with E-state index in [9.17, 15) is 0 Å². The van der Waals surface area contributed by atoms with Crippen molar-refractivity contribution in [3.8, 4) is 0 Å². The minimum atomic E-state index is 0.918. The predicted molar refractivity (Wildman–Crippen MR) is 70.8 cm³/mol. The van der Waals surface area contributed by atoms with E-state index >= 15 is 0 Å². The monoisotopic (exact) mass is 233 g/mol. The Hall–Kier alpha value is -0.930. The summed E-state index contributed by atoms with van der Waals surface area (Å²) in [4.78, 5) is 6.53. The van der Waals surface area contributed by atoms with Crippen LogP contribution in [0.5, 0.6) is 0 Å². The van der Waals surface area contributed by atoms with Crippen LogP contribution in [0.15, 0.2) is 24.5 Å². The van der Waals surface area contributed by atoms with Crippen molar-refractivity contribution < 1.29 is 0 Å². The summed E-state index contributed by atoms with van der Waals surface area (Å²) in [5.41, 5.74) is 1.30. The van der Waals surface area contributed by atoms with Crippen LogP contribution in [0.2, 0.25) is 0 Å². The molecule has 3 nitrogen and oxygen atoms in total. The molecule has 0 aromatic carbocycles. The van der Waals surface area contributed by atoms with E-state index in [4.69, 9.17) is 0 Å². The zero-order valence-corrected chi connectivity index (χ0v) is 10.7. The smallest absolute Gasteiger partial charge is 0.0312 e. The molecule has 1 aromatic heterocycles. The van der Waals surface area contributed by atoms with Gasteiger partial charge in [0.1, 0.15) is 0 Å². The minimum Gasteiger partial charge on any atom is -0.316 e. The molecule has 0 spiro atoms. The zero-order chi connectivity index (χ0) is 11.9. The lowest BCUT2D eigenvalue weighted by Gasteiger charge is -2.17. The Kier molecular flexibility index (Phi) is 4.95. The maximum Gasteiger partial charge on any atom is 0.0312 e. The fourth-order valence-electron chi connectivity index (χ4n) is 2.49. The zero-order valence-electron chi connectivity index (χ0n) is 10.7. The molecule has 1 N–H and O–H groups in total. The Balaban J connectivity index is 1.62. The molecule has 2 rings (SSSR count). The molecule has 0 radical (unpaired) electrons. The number of nitrogens with zero attached hydrogens (tertiary/aromatic N) is 2. The molecular weight excluding hydrogens is 210 g/mol. The van der Waals surface area contributed by atoms with Gasteiger partial charge in [0.15, 0.2) is 0 Å². The second kappa shape index (κ2) is 6.72. The van der Waals surface area contributed by atoms with Gasteiger partial charge in [0, 0.05) is 18.9 Å². The first-order valence-corrected chi connectivity index (χ1v) is 6.63. The van der Waals surface area contributed by atoms with Crippen LogP contribution >= 0.6 is 0 Å². The molecule has 0 bridgehead atoms. The van der Waals surface area contributed by atoms with Crippen LogP contribution < -0.4 is 5.32 Å². The van der Waals surface area contributed by atoms with Crippen molar-refractivity contribution in [2.45, 2.75) is 25.8 Å². The molecule has 1 fully saturated rings. The van der Waals surface area contributed by atoms with E-state index in [1.807, 2.05) is 18.5 Å². The fourth-order valence-corrected chi connectivity index (χ4v) is 2.49. The van der Waals surface area contributed by atoms with Crippen molar-refractivity contribution in [2.75, 3.05) is 26.7 Å². The van der Waals surface area contributed by atoms with Crippen LogP contribution in [0.3, 0.4) is 0 Å². The Bertz CT molecular complexity index is 307. The second-order valence-corrected chi connectivity index (χ2v) is 5.10. The van der Waals surface area contributed by atoms with E-state index in [-0.39, 0.29) is 0 Å². The molecule has 94 valence electrons. The maximum absolute atomic E-state index is 4.15. The third-order valence-corrected chi connectivity index (χ3v) is 3.49. The van der Waals surface area contributed by atoms with Gasteiger partial charge >= 0.3 is 0 Å². The molecule has 1 saturated heterocycles. The average molecular weight is 233 g/mol. The van der Waals surface area contributed by atoms with Crippen molar-refractivity contribution in [2.24, 2.45) is 5.92 Å². The standard InChI is InChI=1S/C14H23N3/c1-17(12-14-4-2-7-15-11-14)9-3-5-13-6-8-16-10-13/h2,4,7,11,13,16H,3,5-6,8-10,12H2,1H3. The van der Waals surface area contributed by atoms with Crippen molar-refractivity contribution in [1.82, 2.24) is 15.2 Å². The van der Waals surface area contributed by atoms with Crippen molar-refractivity contribution in [1.29, 1.82) is 0 Å². The highest BCUT2D eigenvalue weighted by atomic mass is 15.1. The highest BCUT2D eigenvalue weighted by Gasteiger charge is 2.13. The van der Waals surface area contributed by atoms with E-state index in [1.54, 1.807) is 0 Å². The van der Waals surface area contributed by atoms with Gasteiger partial charge in [-0.2, -0.15) is 0 Å². The van der Waals surface area contributed by atoms with Crippen molar-refractivity contribution in [3.63, 3.8) is 0 Å². The minimum absolute atomic E-state index is 0.918. The quantitative estimate of drug-likeness (QED) is 0.813. The lowest BCUT2D eigenvalue weighted by Crippen LogP contribution is -2.20. The molecule has 2 heterocycles. The van der Waals surface area contributed by atoms with Gasteiger partial charge in [-0.3, -0.25) is 4.98 Å². The average Bonchev–Trinajstić information content (AvgIpc) is 2.83. The van der Waals surface area contributed by atoms with Crippen molar-refractivity contribution in [3.05, 3.63) is 30.1 Å². The third-order valence-electron chi connectivity index (χ3n) is 3.49. The lowest BCUT2D eigenvalue weighted by molar-refractivity contribution is 0.307. The predicted octanol–water partition coefficient (Wildman–Crippen LogP) is 1.90. The first kappa shape index (κ1) is 12.5. The summed E-state index contributed by atoms with van der Waals surface area (Å²) in [6, 6.07) is 4.15. The van der Waals surface area contributed by atoms with E-state index in [0.29, 0.717) is 0 Å². The summed E-state index contributed by atoms with van der Waals surface area (Å²) >= 11 is 0. The number of nitrogens with one attached hydrogen (secondary N) is 1. The highest BCUT2D eigenvalue weighted by molar-refractivity contribution is 5.07. The molecule has 17 heavy (non-hydrogen) atoms. The van der Waals surface area contributed by atoms with Gasteiger partial charge in [-0.1, -0.05) is 6.07 Å². The Morgan fingerprint density at radius 2 is 2.47 bits per heavy atom. The summed E-state index contributed by atoms with van der Waals surface area (Å²) in [7, 11) is 2.19. The summed E-state index contributed by atoms with van der Waals surface area (Å²) < 4.78 is 0. The van der Waals surface area contributed by atoms with Crippen LogP contribution in [0.1, 0.15) is 24.8 Å². The Morgan fingerprint density at radius 1 is 1.53 bits per heavy atom. The number of hydrogen-bond donors (Lipinski definition) is 1. The number of aromatic nitrogens is 1. The maximum atomic E-state index is 4.15. The summed E-state index contributed by atoms with van der Waals surface area (Å²) in [5.74, 6) is 0.918. The molecule has 3 heteroatoms. The van der Waals surface area contributed by atoms with Crippen LogP contribution in [-0.2, 0) is 6.54 Å². The van der Waals surface area contributed by atoms with E-state index in [0.717, 1.165) is 12.5 Å². The van der Waals surface area contributed by atoms with Gasteiger partial charge in [0.05, 0.1) is 0 Å². The molecule has 0 aliphatic carbocycles. The molecule has 1 unspecified atom stereocenters. The van der Waals surface area contributed by atoms with Crippen LogP contribution in [0.4, 0.5) is 0 Å². The van der Waals surface area contributed by atoms with Crippen LogP contribution in [0, 0.1) is 5.92 Å². The first-order valence-electron chi connectivity index (χ1n) is 6.63. The van der Waals surface area contributed by atoms with E-state index in [1.165, 1.54) is 44.5 Å². The molecule has 1 aliphatic rings. The Morgan fingerprint density at radius 3 is 3.18 bits per heavy atom. The molecule has 1 atom stereocenters. The molecular formula is C14H23N3. The number of rotatable bonds is 6. The molecule has 1 aromatic rings. The van der Waals surface area contributed by atoms with Gasteiger partial charge < -0.3 is 10.2 Å². The SMILES string of the molecule is CN(CCCC1CCNC1)Cc1cccnc1. The van der Waals surface area contributed by atoms with E-state index in [2.05, 4.69) is 28.3 Å². The van der Waals surface area contributed by atoms with Crippen LogP contribution in [-0.4, -0.2) is 36.6 Å². The largest absolute Gasteiger partial charge is 0.316 e. The first-order chi connectivity index (χ1) is 8.34. The van der Waals surface area contributed by atoms with Crippen LogP contribution in [0.25, 0.3) is 0 Å². The van der Waals surface area contributed by atoms with Gasteiger partial charge in [-0.05, 0) is 63.5 Å². The number of pyridine rings is 1. The third kappa shape index (κ3) is 4.44. The van der Waals surface area contributed by atoms with Crippen molar-refractivity contribution >= 4 is 0 Å². The van der Waals surface area contributed by atoms with Gasteiger partial charge in [0.2, 0.25) is 0 Å². The van der Waals surface area contributed by atoms with E-state index < -0.39 is 0 Å². The summed E-state index contributed by atoms with van der Waals surface area (Å²) in [6.45, 7) is 4.64. The molecule has 1 aliphatic heterocycles. The van der Waals surface area contributed by atoms with Gasteiger partial charge in [-0.25, -0.2) is 0 Å². The lowest BCUT2D eigenvalue weighted by atomic mass is 10.0. The second-order valence-electron chi connectivity index (χ2n) is 5.10. The van der Waals surface area contributed by atoms with Gasteiger partial charge in [0.25, 0.3) is 0 Å². The summed E-state index contributed by atoms with van der Waals surface area (Å²) in [6.07, 6.45) is 7.83.